The third kappa shape index (κ3) is 8.93. The van der Waals surface area contributed by atoms with Crippen molar-refractivity contribution in [3.63, 3.8) is 0 Å². The van der Waals surface area contributed by atoms with E-state index in [1.807, 2.05) is 18.4 Å². The minimum Gasteiger partial charge on any atom is -0.481 e. The summed E-state index contributed by atoms with van der Waals surface area (Å²) in [5.41, 5.74) is -1.10. The van der Waals surface area contributed by atoms with Crippen LogP contribution in [0, 0.1) is 23.3 Å². The number of carboxylic acids is 1. The Balaban J connectivity index is 1.57. The average Bonchev–Trinajstić information content (AvgIpc) is 3.18. The number of nitrogens with zero attached hydrogens (tertiary/aromatic N) is 1. The van der Waals surface area contributed by atoms with Gasteiger partial charge in [-0.3, -0.25) is 18.5 Å². The summed E-state index contributed by atoms with van der Waals surface area (Å²) in [6.07, 6.45) is 0.0821. The van der Waals surface area contributed by atoms with Crippen molar-refractivity contribution in [2.24, 2.45) is 0 Å². The number of hydrogen-bond donors (Lipinski definition) is 5. The van der Waals surface area contributed by atoms with E-state index in [0.717, 1.165) is 12.1 Å². The van der Waals surface area contributed by atoms with Gasteiger partial charge in [-0.2, -0.15) is 25.3 Å². The minimum absolute atomic E-state index is 0.0455. The van der Waals surface area contributed by atoms with Crippen LogP contribution in [-0.4, -0.2) is 67.0 Å². The molecule has 338 valence electrons. The molecular weight excluding hydrogens is 925 g/mol. The molecule has 5 aromatic rings. The van der Waals surface area contributed by atoms with Crippen LogP contribution in [0.4, 0.5) is 28.9 Å². The van der Waals surface area contributed by atoms with Crippen LogP contribution in [0.3, 0.4) is 0 Å². The molecule has 1 aliphatic heterocycles. The predicted molar refractivity (Wildman–Crippen MR) is 229 cm³/mol. The molecule has 1 atom stereocenters. The van der Waals surface area contributed by atoms with Crippen molar-refractivity contribution in [2.45, 2.75) is 72.2 Å². The van der Waals surface area contributed by atoms with Crippen LogP contribution in [0.15, 0.2) is 93.5 Å². The van der Waals surface area contributed by atoms with Crippen LogP contribution < -0.4 is 20.5 Å². The van der Waals surface area contributed by atoms with Gasteiger partial charge in [-0.15, -0.1) is 11.8 Å². The normalized spacial score (nSPS) is 16.8. The molecule has 64 heavy (non-hydrogen) atoms. The molecule has 5 N–H and O–H groups in total. The zero-order chi connectivity index (χ0) is 47.1. The molecule has 1 heterocycles. The molecule has 1 aliphatic carbocycles. The summed E-state index contributed by atoms with van der Waals surface area (Å²) in [5.74, 6) is -11.5. The van der Waals surface area contributed by atoms with Crippen molar-refractivity contribution < 1.29 is 66.4 Å². The highest BCUT2D eigenvalue weighted by Crippen LogP contribution is 2.45. The largest absolute Gasteiger partial charge is 0.481 e. The molecule has 0 radical (unpaired) electrons. The van der Waals surface area contributed by atoms with E-state index in [2.05, 4.69) is 5.32 Å². The third-order valence-electron chi connectivity index (χ3n) is 11.5. The van der Waals surface area contributed by atoms with Crippen LogP contribution in [0.5, 0.6) is 0 Å². The van der Waals surface area contributed by atoms with Gasteiger partial charge in [0.25, 0.3) is 30.4 Å². The zero-order valence-corrected chi connectivity index (χ0v) is 37.4. The quantitative estimate of drug-likeness (QED) is 0.0302. The number of thioether (sulfide) groups is 1. The fourth-order valence-electron chi connectivity index (χ4n) is 8.58. The Morgan fingerprint density at radius 1 is 0.750 bits per heavy atom. The first-order valence-electron chi connectivity index (χ1n) is 19.1. The Kier molecular flexibility index (Phi) is 12.0. The van der Waals surface area contributed by atoms with E-state index < -0.39 is 98.4 Å². The summed E-state index contributed by atoms with van der Waals surface area (Å²) >= 11 is 0.0455. The second kappa shape index (κ2) is 16.4. The van der Waals surface area contributed by atoms with Gasteiger partial charge in [-0.1, -0.05) is 32.0 Å². The summed E-state index contributed by atoms with van der Waals surface area (Å²) in [6, 6.07) is 18.2. The van der Waals surface area contributed by atoms with E-state index in [0.29, 0.717) is 33.4 Å². The molecule has 2 aliphatic rings. The lowest BCUT2D eigenvalue weighted by Crippen LogP contribution is -2.54. The minimum atomic E-state index is -4.67. The van der Waals surface area contributed by atoms with Gasteiger partial charge in [-0.05, 0) is 90.4 Å². The fourth-order valence-corrected chi connectivity index (χ4v) is 11.0. The molecule has 21 heteroatoms. The van der Waals surface area contributed by atoms with Crippen molar-refractivity contribution in [1.82, 2.24) is 4.58 Å². The van der Waals surface area contributed by atoms with E-state index in [9.17, 15) is 43.7 Å². The summed E-state index contributed by atoms with van der Waals surface area (Å²) in [5, 5.41) is 12.7. The highest BCUT2D eigenvalue weighted by molar-refractivity contribution is 8.00. The maximum absolute atomic E-state index is 16.6. The summed E-state index contributed by atoms with van der Waals surface area (Å²) in [7, 11) is -13.7. The van der Waals surface area contributed by atoms with E-state index in [4.69, 9.17) is 5.11 Å². The van der Waals surface area contributed by atoms with Crippen molar-refractivity contribution in [1.29, 1.82) is 0 Å². The van der Waals surface area contributed by atoms with Crippen molar-refractivity contribution in [3.05, 3.63) is 146 Å². The second-order valence-corrected chi connectivity index (χ2v) is 22.0. The van der Waals surface area contributed by atoms with Gasteiger partial charge in [0, 0.05) is 51.9 Å². The highest BCUT2D eigenvalue weighted by Gasteiger charge is 2.44. The first kappa shape index (κ1) is 46.8. The van der Waals surface area contributed by atoms with Crippen molar-refractivity contribution >= 4 is 65.0 Å². The zero-order valence-electron chi connectivity index (χ0n) is 34.1. The van der Waals surface area contributed by atoms with Crippen molar-refractivity contribution in [2.75, 3.05) is 16.8 Å². The predicted octanol–water partition coefficient (Wildman–Crippen LogP) is 6.39. The Labute approximate surface area is 369 Å². The van der Waals surface area contributed by atoms with Crippen LogP contribution in [-0.2, 0) is 47.1 Å². The van der Waals surface area contributed by atoms with E-state index in [-0.39, 0.29) is 56.4 Å². The maximum Gasteiger partial charge on any atom is 0.313 e. The van der Waals surface area contributed by atoms with Gasteiger partial charge in [-0.25, -0.2) is 22.1 Å². The first-order valence-corrected chi connectivity index (χ1v) is 24.6. The van der Waals surface area contributed by atoms with Gasteiger partial charge >= 0.3 is 5.97 Å². The molecule has 0 saturated heterocycles. The molecular formula is C43H39F4N2O11S4+. The summed E-state index contributed by atoms with van der Waals surface area (Å²) < 4.78 is 168. The molecule has 0 aromatic heterocycles. The number of halogens is 4. The average molecular weight is 964 g/mol. The second-order valence-electron chi connectivity index (χ2n) is 16.7. The van der Waals surface area contributed by atoms with E-state index in [1.165, 1.54) is 54.6 Å². The first-order chi connectivity index (χ1) is 29.6. The molecule has 0 amide bonds. The van der Waals surface area contributed by atoms with E-state index in [1.54, 1.807) is 26.0 Å². The van der Waals surface area contributed by atoms with Crippen molar-refractivity contribution in [3.8, 4) is 0 Å². The molecule has 1 unspecified atom stereocenters. The number of benzene rings is 5. The topological polar surface area (TPSA) is 215 Å². The Hall–Kier alpha value is -5.16. The molecule has 5 aromatic carbocycles. The number of rotatable bonds is 12. The molecule has 0 fully saturated rings. The van der Waals surface area contributed by atoms with Crippen LogP contribution in [0.25, 0.3) is 5.57 Å². The molecule has 0 bridgehead atoms. The smallest absolute Gasteiger partial charge is 0.313 e. The van der Waals surface area contributed by atoms with E-state index >= 15 is 17.6 Å². The molecule has 0 spiro atoms. The van der Waals surface area contributed by atoms with Gasteiger partial charge in [0.05, 0.1) is 31.8 Å². The SMILES string of the molecule is CC1(C)c2cc(Nc3ccc(S(=O)(=O)O)cc3)ccc2C(c2c(F)c(F)c(SCC(=O)O)c(F)c2F)=c2cc3c(cc21)=[N+](Cc1ccc(S(=O)(=O)O)cc1)C(C)(C)CC3CS(=O)(=O)O. The lowest BCUT2D eigenvalue weighted by molar-refractivity contribution is -0.133. The summed E-state index contributed by atoms with van der Waals surface area (Å²) in [4.78, 5) is 9.35. The lowest BCUT2D eigenvalue weighted by Gasteiger charge is -2.37. The van der Waals surface area contributed by atoms with Crippen LogP contribution in [0.2, 0.25) is 0 Å². The van der Waals surface area contributed by atoms with Gasteiger partial charge in [0.2, 0.25) is 5.36 Å². The van der Waals surface area contributed by atoms with Crippen LogP contribution in [0.1, 0.15) is 73.4 Å². The Bertz CT molecular complexity index is 3240. The number of nitrogens with one attached hydrogen (secondary N) is 1. The summed E-state index contributed by atoms with van der Waals surface area (Å²) in [6.45, 7) is 7.27. The highest BCUT2D eigenvalue weighted by atomic mass is 32.2. The number of carbonyl (C=O) groups is 1. The Morgan fingerprint density at radius 2 is 1.30 bits per heavy atom. The van der Waals surface area contributed by atoms with Gasteiger partial charge in [0.15, 0.2) is 35.4 Å². The standard InChI is InChI=1S/C43H38F4N2O11S4/c1-42(2)18-23(21-62(52,53)54)29-16-30-32(17-33(29)49(42)19-22-5-10-26(11-6-22)63(55,56)57)43(3,4)31-15-25(48-24-7-12-27(13-8-24)64(58,59)60)9-14-28(31)35(30)36-37(44)39(46)41(40(47)38(36)45)61-20-34(50)51/h5-17,23H,18-21H2,1-4H3,(H4,50,51,52,53,54,55,56,57,58,59,60)/p+1. The molecule has 7 rings (SSSR count). The fraction of sp³-hybridized carbons (Fsp3) is 0.256. The van der Waals surface area contributed by atoms with Crippen LogP contribution >= 0.6 is 11.8 Å². The third-order valence-corrected chi connectivity index (χ3v) is 15.1. The molecule has 13 nitrogen and oxygen atoms in total. The number of aliphatic carboxylic acids is 1. The lowest BCUT2D eigenvalue weighted by atomic mass is 9.67. The number of carboxylic acid groups (broad SMARTS) is 1. The molecule has 0 saturated carbocycles. The monoisotopic (exact) mass is 963 g/mol. The number of hydrogen-bond acceptors (Lipinski definition) is 9. The Morgan fingerprint density at radius 3 is 1.83 bits per heavy atom. The number of fused-ring (bicyclic) bond motifs is 3. The van der Waals surface area contributed by atoms with Gasteiger partial charge in [0.1, 0.15) is 0 Å². The van der Waals surface area contributed by atoms with Gasteiger partial charge < -0.3 is 10.4 Å². The number of anilines is 2. The maximum atomic E-state index is 16.6.